The van der Waals surface area contributed by atoms with Crippen LogP contribution in [0.15, 0.2) is 152 Å². The Kier molecular flexibility index (Phi) is 31.5. The van der Waals surface area contributed by atoms with Crippen LogP contribution < -0.4 is 5.84 Å². The predicted octanol–water partition coefficient (Wildman–Crippen LogP) is 14.6. The van der Waals surface area contributed by atoms with E-state index in [1.165, 1.54) is 26.3 Å². The van der Waals surface area contributed by atoms with Gasteiger partial charge in [-0.15, -0.1) is 0 Å². The average molecular weight is 1290 g/mol. The summed E-state index contributed by atoms with van der Waals surface area (Å²) in [5.41, 5.74) is 4.41. The van der Waals surface area contributed by atoms with Crippen molar-refractivity contribution < 1.29 is 36.4 Å². The molecular formula is C52H71Cl2N6O8P5S5. The number of rotatable bonds is 21. The molecule has 78 heavy (non-hydrogen) atoms. The molecule has 0 aliphatic carbocycles. The van der Waals surface area contributed by atoms with Crippen molar-refractivity contribution >= 4 is 144 Å². The van der Waals surface area contributed by atoms with Crippen LogP contribution in [-0.2, 0) is 36.4 Å². The van der Waals surface area contributed by atoms with Gasteiger partial charge in [0, 0.05) is 90.5 Å². The zero-order valence-corrected chi connectivity index (χ0v) is 55.6. The van der Waals surface area contributed by atoms with Gasteiger partial charge in [-0.1, -0.05) is 220 Å². The Hall–Kier alpha value is -2.88. The van der Waals surface area contributed by atoms with E-state index in [2.05, 4.69) is 0 Å². The summed E-state index contributed by atoms with van der Waals surface area (Å²) in [4.78, 5) is 9.79. The number of hydrazine groups is 1. The summed E-state index contributed by atoms with van der Waals surface area (Å²) in [6.07, 6.45) is 0.730. The van der Waals surface area contributed by atoms with Crippen LogP contribution in [0, 0.1) is 0 Å². The van der Waals surface area contributed by atoms with Gasteiger partial charge in [0.25, 0.3) is 5.85 Å². The quantitative estimate of drug-likeness (QED) is 0.0320. The average Bonchev–Trinajstić information content (AvgIpc) is 3.43. The maximum absolute atomic E-state index is 13.5. The zero-order valence-electron chi connectivity index (χ0n) is 45.5. The number of benzene rings is 5. The van der Waals surface area contributed by atoms with Crippen LogP contribution in [0.25, 0.3) is 0 Å². The lowest BCUT2D eigenvalue weighted by molar-refractivity contribution is 0.366. The molecule has 0 aliphatic rings. The number of thiocarbonyl (C=S) groups is 5. The molecule has 0 radical (unpaired) electrons. The van der Waals surface area contributed by atoms with Crippen molar-refractivity contribution in [2.75, 3.05) is 106 Å². The third-order valence-corrected chi connectivity index (χ3v) is 28.9. The Morgan fingerprint density at radius 1 is 0.423 bits per heavy atom. The van der Waals surface area contributed by atoms with Gasteiger partial charge in [0.05, 0.1) is 31.0 Å². The van der Waals surface area contributed by atoms with Gasteiger partial charge in [0.2, 0.25) is 22.1 Å². The first-order valence-corrected chi connectivity index (χ1v) is 38.0. The molecule has 0 aliphatic heterocycles. The fraction of sp³-hybridized carbons (Fsp3) is 0.327. The molecule has 0 amide bonds. The summed E-state index contributed by atoms with van der Waals surface area (Å²) in [5, 5.41) is 1.44. The molecule has 26 heteroatoms. The first kappa shape index (κ1) is 71.2. The van der Waals surface area contributed by atoms with Crippen molar-refractivity contribution in [1.82, 2.24) is 24.6 Å². The first-order chi connectivity index (χ1) is 36.5. The number of nitrogens with zero attached hydrogens (tertiary/aromatic N) is 5. The Labute approximate surface area is 499 Å². The first-order valence-electron chi connectivity index (χ1n) is 23.7. The number of hydrogen-bond acceptors (Lipinski definition) is 14. The molecule has 0 bridgehead atoms. The molecule has 426 valence electrons. The topological polar surface area (TPSA) is 155 Å². The van der Waals surface area contributed by atoms with Crippen LogP contribution in [-0.4, -0.2) is 156 Å². The second-order valence-electron chi connectivity index (χ2n) is 17.8. The van der Waals surface area contributed by atoms with Crippen LogP contribution in [0.5, 0.6) is 0 Å². The van der Waals surface area contributed by atoms with E-state index in [-0.39, 0.29) is 36.9 Å². The van der Waals surface area contributed by atoms with Gasteiger partial charge in [-0.2, -0.15) is 0 Å². The van der Waals surface area contributed by atoms with Gasteiger partial charge in [-0.05, 0) is 29.1 Å². The van der Waals surface area contributed by atoms with E-state index < -0.39 is 35.1 Å². The summed E-state index contributed by atoms with van der Waals surface area (Å²) >= 11 is 37.2. The normalized spacial score (nSPS) is 13.9. The Morgan fingerprint density at radius 2 is 0.628 bits per heavy atom. The molecule has 0 spiro atoms. The molecule has 5 aromatic rings. The molecule has 2 N–H and O–H groups in total. The predicted molar refractivity (Wildman–Crippen MR) is 350 cm³/mol. The van der Waals surface area contributed by atoms with Crippen molar-refractivity contribution in [2.45, 2.75) is 6.92 Å². The van der Waals surface area contributed by atoms with Crippen LogP contribution in [0.1, 0.15) is 34.7 Å². The van der Waals surface area contributed by atoms with E-state index in [0.717, 1.165) is 27.8 Å². The fourth-order valence-electron chi connectivity index (χ4n) is 6.97. The highest BCUT2D eigenvalue weighted by molar-refractivity contribution is 8.08. The molecule has 0 saturated heterocycles. The molecule has 5 rings (SSSR count). The standard InChI is InChI=1S/C21H28N2O4P2S2.C21H28N2O3P2S2.C8H10N2S.C2H5Cl2OP/c1-22(20(30)18-11-7-5-8-12-18)15-28(24,26-3)17-29(25,27-4)16-23(2)21(31)19-13-9-6-10-14-19;1-22(20(29)18-11-7-5-8-12-18)15-27(4,24)17-28(25,26-3)16-23(2)21(30)19-13-9-6-10-14-19;1-10(9)8(11)7-5-3-2-4-6-7;1-2-6(3,4)5/h5-14H,15-17H2,1-4H3;5-14H,15-17H2,1-4H3;2-6H,9H2,1H3;2H2,1H3. The highest BCUT2D eigenvalue weighted by Crippen LogP contribution is 2.63. The van der Waals surface area contributed by atoms with E-state index in [0.29, 0.717) is 31.1 Å². The molecule has 0 fully saturated rings. The van der Waals surface area contributed by atoms with Crippen molar-refractivity contribution in [3.05, 3.63) is 179 Å². The molecule has 0 saturated carbocycles. The van der Waals surface area contributed by atoms with E-state index in [9.17, 15) is 22.8 Å². The number of hydrogen-bond donors (Lipinski definition) is 1. The van der Waals surface area contributed by atoms with Crippen LogP contribution in [0.4, 0.5) is 0 Å². The fourth-order valence-corrected chi connectivity index (χ4v) is 21.1. The molecule has 4 unspecified atom stereocenters. The van der Waals surface area contributed by atoms with E-state index in [4.69, 9.17) is 103 Å². The van der Waals surface area contributed by atoms with Gasteiger partial charge < -0.3 is 42.7 Å². The number of halogens is 2. The summed E-state index contributed by atoms with van der Waals surface area (Å²) in [7, 11) is 0.186. The molecule has 0 aromatic heterocycles. The lowest BCUT2D eigenvalue weighted by atomic mass is 10.2. The van der Waals surface area contributed by atoms with Gasteiger partial charge in [-0.3, -0.25) is 18.3 Å². The van der Waals surface area contributed by atoms with Crippen LogP contribution in [0.3, 0.4) is 0 Å². The highest BCUT2D eigenvalue weighted by Gasteiger charge is 2.38. The van der Waals surface area contributed by atoms with E-state index in [1.54, 1.807) is 68.4 Å². The number of nitrogens with two attached hydrogens (primary N) is 1. The van der Waals surface area contributed by atoms with Crippen molar-refractivity contribution in [1.29, 1.82) is 0 Å². The zero-order chi connectivity index (χ0) is 58.9. The molecule has 14 nitrogen and oxygen atoms in total. The van der Waals surface area contributed by atoms with E-state index in [1.807, 2.05) is 152 Å². The largest absolute Gasteiger partial charge is 0.358 e. The smallest absolute Gasteiger partial charge is 0.252 e. The van der Waals surface area contributed by atoms with E-state index >= 15 is 0 Å². The Morgan fingerprint density at radius 3 is 0.833 bits per heavy atom. The lowest BCUT2D eigenvalue weighted by Gasteiger charge is -2.30. The highest BCUT2D eigenvalue weighted by atomic mass is 35.9. The molecule has 4 atom stereocenters. The van der Waals surface area contributed by atoms with Crippen LogP contribution in [0.2, 0.25) is 0 Å². The second-order valence-corrected chi connectivity index (χ2v) is 37.3. The summed E-state index contributed by atoms with van der Waals surface area (Å²) in [6.45, 7) is 3.33. The maximum atomic E-state index is 13.5. The summed E-state index contributed by atoms with van der Waals surface area (Å²) < 4.78 is 80.0. The van der Waals surface area contributed by atoms with Crippen molar-refractivity contribution in [2.24, 2.45) is 5.84 Å². The van der Waals surface area contributed by atoms with Crippen molar-refractivity contribution in [3.8, 4) is 0 Å². The monoisotopic (exact) mass is 1290 g/mol. The van der Waals surface area contributed by atoms with Gasteiger partial charge in [-0.25, -0.2) is 5.84 Å². The summed E-state index contributed by atoms with van der Waals surface area (Å²) in [5.74, 6) is 2.53. The third-order valence-electron chi connectivity index (χ3n) is 10.9. The Bertz CT molecular complexity index is 2880. The summed E-state index contributed by atoms with van der Waals surface area (Å²) in [6, 6.07) is 47.7. The minimum absolute atomic E-state index is 0.0139. The van der Waals surface area contributed by atoms with Crippen LogP contribution >= 0.6 is 119 Å². The van der Waals surface area contributed by atoms with Gasteiger partial charge in [0.1, 0.15) is 38.0 Å². The molecule has 5 aromatic carbocycles. The van der Waals surface area contributed by atoms with Crippen molar-refractivity contribution in [3.63, 3.8) is 0 Å². The van der Waals surface area contributed by atoms with Gasteiger partial charge in [0.15, 0.2) is 0 Å². The maximum Gasteiger partial charge on any atom is 0.252 e. The molecular weight excluding hydrogens is 1220 g/mol. The minimum Gasteiger partial charge on any atom is -0.358 e. The van der Waals surface area contributed by atoms with Gasteiger partial charge >= 0.3 is 0 Å². The Balaban J connectivity index is 0.000000411. The molecule has 0 heterocycles. The second kappa shape index (κ2) is 34.5. The SMILES string of the molecule is CCP(=O)(Cl)Cl.CN(N)C(=S)c1ccccc1.COP(=O)(CN(C)C(=S)c1ccccc1)CP(=O)(CN(C)C(=S)c1ccccc1)OC.COP(=O)(CN(C)C(=S)c1ccccc1)CP(C)(=O)CN(C)C(=S)c1ccccc1. The third kappa shape index (κ3) is 25.9. The lowest BCUT2D eigenvalue weighted by Crippen LogP contribution is -2.32. The minimum atomic E-state index is -3.35.